The van der Waals surface area contributed by atoms with Crippen LogP contribution in [0.5, 0.6) is 0 Å². The van der Waals surface area contributed by atoms with Crippen molar-refractivity contribution in [2.45, 2.75) is 119 Å². The van der Waals surface area contributed by atoms with Crippen molar-refractivity contribution in [1.82, 2.24) is 0 Å². The number of Topliss-reactive ketones (excluding diaryl/α,β-unsaturated/α-hetero) is 1. The normalized spacial score (nSPS) is 39.4. The summed E-state index contributed by atoms with van der Waals surface area (Å²) in [5, 5.41) is 9.35. The van der Waals surface area contributed by atoms with Gasteiger partial charge in [-0.15, -0.1) is 0 Å². The molecule has 4 aliphatic carbocycles. The second-order valence-corrected chi connectivity index (χ2v) is 14.3. The van der Waals surface area contributed by atoms with E-state index in [1.807, 2.05) is 7.11 Å². The van der Waals surface area contributed by atoms with Gasteiger partial charge in [-0.1, -0.05) is 53.2 Å². The molecule has 0 spiro atoms. The molecule has 6 heteroatoms. The third-order valence-corrected chi connectivity index (χ3v) is 12.4. The number of esters is 1. The molecule has 218 valence electrons. The third-order valence-electron chi connectivity index (χ3n) is 12.4. The molecule has 2 saturated carbocycles. The van der Waals surface area contributed by atoms with Crippen molar-refractivity contribution in [2.75, 3.05) is 7.11 Å². The maximum Gasteiger partial charge on any atom is 0.330 e. The Balaban J connectivity index is 1.73. The van der Waals surface area contributed by atoms with Crippen molar-refractivity contribution in [2.24, 2.45) is 39.4 Å². The first kappa shape index (κ1) is 30.0. The summed E-state index contributed by atoms with van der Waals surface area (Å²) >= 11 is 0. The van der Waals surface area contributed by atoms with Gasteiger partial charge in [-0.3, -0.25) is 9.59 Å². The molecule has 4 rings (SSSR count). The lowest BCUT2D eigenvalue weighted by atomic mass is 9.43. The summed E-state index contributed by atoms with van der Waals surface area (Å²) in [7, 11) is 1.83. The standard InChI is InChI=1S/C33H50O6/c1-19(29(36)37)10-11-24(39-21(3)34)20(2)22-12-17-33(8)28-23(13-16-32(22,33)7)31(6)15-14-27(35)30(4,5)26(31)18-25(28)38-9/h10,20,22,24-26H,11-18H2,1-9H3,(H,36,37)/b19-10+/t20-,22+,24-,25+,26-,31+,32+,33-/m0/s1. The first-order valence-electron chi connectivity index (χ1n) is 14.9. The van der Waals surface area contributed by atoms with Crippen LogP contribution in [-0.2, 0) is 23.9 Å². The van der Waals surface area contributed by atoms with Crippen LogP contribution in [0.4, 0.5) is 0 Å². The summed E-state index contributed by atoms with van der Waals surface area (Å²) in [6.07, 6.45) is 8.34. The van der Waals surface area contributed by atoms with E-state index in [9.17, 15) is 19.5 Å². The minimum Gasteiger partial charge on any atom is -0.478 e. The second kappa shape index (κ2) is 10.2. The summed E-state index contributed by atoms with van der Waals surface area (Å²) in [5.41, 5.74) is 2.92. The zero-order valence-corrected chi connectivity index (χ0v) is 25.6. The van der Waals surface area contributed by atoms with Crippen LogP contribution >= 0.6 is 0 Å². The molecule has 0 saturated heterocycles. The lowest BCUT2D eigenvalue weighted by molar-refractivity contribution is -0.151. The van der Waals surface area contributed by atoms with Gasteiger partial charge in [0.15, 0.2) is 0 Å². The van der Waals surface area contributed by atoms with Gasteiger partial charge in [0.05, 0.1) is 6.10 Å². The Kier molecular flexibility index (Phi) is 7.81. The van der Waals surface area contributed by atoms with Crippen LogP contribution < -0.4 is 0 Å². The zero-order valence-electron chi connectivity index (χ0n) is 25.6. The van der Waals surface area contributed by atoms with Crippen LogP contribution in [0.15, 0.2) is 22.8 Å². The second-order valence-electron chi connectivity index (χ2n) is 14.3. The molecule has 0 aliphatic heterocycles. The highest BCUT2D eigenvalue weighted by Gasteiger charge is 2.65. The molecule has 1 N–H and O–H groups in total. The number of fused-ring (bicyclic) bond motifs is 4. The van der Waals surface area contributed by atoms with Gasteiger partial charge in [-0.25, -0.2) is 4.79 Å². The number of allylic oxidation sites excluding steroid dienone is 1. The Labute approximate surface area is 235 Å². The molecule has 2 fully saturated rings. The molecular weight excluding hydrogens is 492 g/mol. The van der Waals surface area contributed by atoms with E-state index >= 15 is 0 Å². The lowest BCUT2D eigenvalue weighted by Crippen LogP contribution is -2.57. The fraction of sp³-hybridized carbons (Fsp3) is 0.788. The highest BCUT2D eigenvalue weighted by atomic mass is 16.5. The first-order valence-corrected chi connectivity index (χ1v) is 14.9. The Hall–Kier alpha value is -1.95. The van der Waals surface area contributed by atoms with Gasteiger partial charge in [-0.2, -0.15) is 0 Å². The van der Waals surface area contributed by atoms with E-state index in [0.29, 0.717) is 24.5 Å². The van der Waals surface area contributed by atoms with Crippen molar-refractivity contribution in [3.05, 3.63) is 22.8 Å². The molecule has 4 aliphatic rings. The number of aliphatic carboxylic acids is 1. The average Bonchev–Trinajstić information content (AvgIpc) is 3.14. The monoisotopic (exact) mass is 542 g/mol. The third kappa shape index (κ3) is 4.53. The summed E-state index contributed by atoms with van der Waals surface area (Å²) in [4.78, 5) is 36.5. The maximum atomic E-state index is 13.0. The minimum absolute atomic E-state index is 0.00478. The van der Waals surface area contributed by atoms with Crippen LogP contribution in [0.2, 0.25) is 0 Å². The SMILES string of the molecule is CO[C@@H]1C[C@H]2C(C)(C)C(=O)CC[C@]2(C)C2=C1[C@]1(C)CC[C@H]([C@H](C)[C@H](C/C=C(\C)C(=O)O)OC(C)=O)[C@@]1(C)CC2. The van der Waals surface area contributed by atoms with E-state index in [4.69, 9.17) is 9.47 Å². The average molecular weight is 543 g/mol. The largest absolute Gasteiger partial charge is 0.478 e. The van der Waals surface area contributed by atoms with Crippen molar-refractivity contribution < 1.29 is 29.0 Å². The Morgan fingerprint density at radius 2 is 1.74 bits per heavy atom. The van der Waals surface area contributed by atoms with Gasteiger partial charge in [0, 0.05) is 37.9 Å². The van der Waals surface area contributed by atoms with Gasteiger partial charge in [0.25, 0.3) is 0 Å². The number of hydrogen-bond acceptors (Lipinski definition) is 5. The maximum absolute atomic E-state index is 13.0. The molecule has 8 atom stereocenters. The minimum atomic E-state index is -0.946. The topological polar surface area (TPSA) is 89.9 Å². The first-order chi connectivity index (χ1) is 18.0. The quantitative estimate of drug-likeness (QED) is 0.213. The van der Waals surface area contributed by atoms with Crippen LogP contribution in [-0.4, -0.2) is 42.1 Å². The molecular formula is C33H50O6. The highest BCUT2D eigenvalue weighted by molar-refractivity contribution is 5.86. The van der Waals surface area contributed by atoms with Gasteiger partial charge in [-0.05, 0) is 85.0 Å². The van der Waals surface area contributed by atoms with Gasteiger partial charge >= 0.3 is 11.9 Å². The van der Waals surface area contributed by atoms with E-state index in [1.165, 1.54) is 12.5 Å². The number of methoxy groups -OCH3 is 1. The van der Waals surface area contributed by atoms with Crippen molar-refractivity contribution >= 4 is 17.7 Å². The van der Waals surface area contributed by atoms with E-state index in [0.717, 1.165) is 38.5 Å². The highest BCUT2D eigenvalue weighted by Crippen LogP contribution is 2.72. The van der Waals surface area contributed by atoms with Crippen molar-refractivity contribution in [3.8, 4) is 0 Å². The van der Waals surface area contributed by atoms with Crippen molar-refractivity contribution in [3.63, 3.8) is 0 Å². The number of carboxylic acids is 1. The van der Waals surface area contributed by atoms with Crippen molar-refractivity contribution in [1.29, 1.82) is 0 Å². The smallest absolute Gasteiger partial charge is 0.330 e. The van der Waals surface area contributed by atoms with Crippen LogP contribution in [0.25, 0.3) is 0 Å². The predicted molar refractivity (Wildman–Crippen MR) is 151 cm³/mol. The van der Waals surface area contributed by atoms with Crippen LogP contribution in [0, 0.1) is 39.4 Å². The number of carbonyl (C=O) groups excluding carboxylic acids is 2. The Morgan fingerprint density at radius 1 is 1.08 bits per heavy atom. The molecule has 0 heterocycles. The molecule has 0 radical (unpaired) electrons. The molecule has 0 aromatic heterocycles. The number of rotatable bonds is 7. The fourth-order valence-corrected chi connectivity index (χ4v) is 9.74. The predicted octanol–water partition coefficient (Wildman–Crippen LogP) is 6.92. The van der Waals surface area contributed by atoms with E-state index in [-0.39, 0.29) is 57.2 Å². The van der Waals surface area contributed by atoms with Gasteiger partial charge in [0.1, 0.15) is 11.9 Å². The summed E-state index contributed by atoms with van der Waals surface area (Å²) in [5.74, 6) is -0.204. The lowest BCUT2D eigenvalue weighted by Gasteiger charge is -2.62. The molecule has 0 aromatic rings. The van der Waals surface area contributed by atoms with Crippen LogP contribution in [0.3, 0.4) is 0 Å². The zero-order chi connectivity index (χ0) is 29.1. The molecule has 0 aromatic carbocycles. The summed E-state index contributed by atoms with van der Waals surface area (Å²) in [6.45, 7) is 16.8. The molecule has 0 bridgehead atoms. The molecule has 6 nitrogen and oxygen atoms in total. The summed E-state index contributed by atoms with van der Waals surface area (Å²) < 4.78 is 12.1. The number of carbonyl (C=O) groups is 3. The Bertz CT molecular complexity index is 1100. The summed E-state index contributed by atoms with van der Waals surface area (Å²) in [6, 6.07) is 0. The molecule has 39 heavy (non-hydrogen) atoms. The van der Waals surface area contributed by atoms with Gasteiger partial charge < -0.3 is 14.6 Å². The fourth-order valence-electron chi connectivity index (χ4n) is 9.74. The number of hydrogen-bond donors (Lipinski definition) is 1. The number of ketones is 1. The van der Waals surface area contributed by atoms with E-state index in [1.54, 1.807) is 18.6 Å². The number of carboxylic acid groups (broad SMARTS) is 1. The Morgan fingerprint density at radius 3 is 2.33 bits per heavy atom. The number of ether oxygens (including phenoxy) is 2. The molecule has 0 amide bonds. The van der Waals surface area contributed by atoms with Gasteiger partial charge in [0.2, 0.25) is 0 Å². The molecule has 0 unspecified atom stereocenters. The van der Waals surface area contributed by atoms with E-state index < -0.39 is 5.97 Å². The van der Waals surface area contributed by atoms with E-state index in [2.05, 4.69) is 41.5 Å². The van der Waals surface area contributed by atoms with Crippen LogP contribution in [0.1, 0.15) is 107 Å².